The Labute approximate surface area is 761 Å². The summed E-state index contributed by atoms with van der Waals surface area (Å²) in [6, 6.07) is 51.2. The molecule has 15 rings (SSSR count). The van der Waals surface area contributed by atoms with Gasteiger partial charge in [0.05, 0.1) is 31.3 Å². The summed E-state index contributed by atoms with van der Waals surface area (Å²) in [6.07, 6.45) is 4.59. The molecule has 0 aliphatic carbocycles. The van der Waals surface area contributed by atoms with Crippen LogP contribution in [0.3, 0.4) is 0 Å². The Morgan fingerprint density at radius 2 is 0.895 bits per heavy atom. The molecule has 2 fully saturated rings. The molecule has 133 heavy (non-hydrogen) atoms. The number of anilines is 4. The second kappa shape index (κ2) is 42.7. The van der Waals surface area contributed by atoms with E-state index in [1.165, 1.54) is 16.8 Å². The van der Waals surface area contributed by atoms with E-state index in [0.29, 0.717) is 96.1 Å². The van der Waals surface area contributed by atoms with Crippen LogP contribution in [-0.2, 0) is 35.7 Å². The first-order valence-corrected chi connectivity index (χ1v) is 42.1. The normalized spacial score (nSPS) is 13.7. The molecule has 13 aromatic rings. The van der Waals surface area contributed by atoms with Gasteiger partial charge in [0.25, 0.3) is 53.2 Å². The molecule has 32 nitrogen and oxygen atoms in total. The summed E-state index contributed by atoms with van der Waals surface area (Å²) in [5, 5.41) is 31.5. The average Bonchev–Trinajstić information content (AvgIpc) is 1.61. The predicted molar refractivity (Wildman–Crippen MR) is 492 cm³/mol. The summed E-state index contributed by atoms with van der Waals surface area (Å²) in [7, 11) is 1.59. The zero-order valence-corrected chi connectivity index (χ0v) is 73.8. The third kappa shape index (κ3) is 22.4. The first kappa shape index (κ1) is 96.3. The van der Waals surface area contributed by atoms with Gasteiger partial charge in [0, 0.05) is 116 Å². The number of alkyl halides is 2. The van der Waals surface area contributed by atoms with E-state index in [1.54, 1.807) is 84.3 Å². The number of aryl methyl sites for hydroxylation is 4. The van der Waals surface area contributed by atoms with Gasteiger partial charge >= 0.3 is 0 Å². The van der Waals surface area contributed by atoms with Crippen molar-refractivity contribution in [2.24, 2.45) is 22.9 Å². The Kier molecular flexibility index (Phi) is 30.9. The number of halogens is 5. The van der Waals surface area contributed by atoms with Crippen LogP contribution in [0.15, 0.2) is 200 Å². The Hall–Kier alpha value is -15.8. The van der Waals surface area contributed by atoms with Crippen molar-refractivity contribution in [1.29, 1.82) is 0 Å². The third-order valence-electron chi connectivity index (χ3n) is 22.6. The fraction of sp³-hybridized carbons (Fsp3) is 0.240. The van der Waals surface area contributed by atoms with Gasteiger partial charge < -0.3 is 81.9 Å². The van der Waals surface area contributed by atoms with E-state index >= 15 is 4.39 Å². The molecule has 0 radical (unpaired) electrons. The van der Waals surface area contributed by atoms with Gasteiger partial charge in [0.1, 0.15) is 91.8 Å². The van der Waals surface area contributed by atoms with Gasteiger partial charge in [-0.15, -0.1) is 0 Å². The molecule has 37 heteroatoms. The number of hydrogen-bond donors (Lipinski definition) is 13. The molecule has 8 aromatic carbocycles. The molecule has 3 atom stereocenters. The van der Waals surface area contributed by atoms with Crippen molar-refractivity contribution in [1.82, 2.24) is 70.7 Å². The lowest BCUT2D eigenvalue weighted by molar-refractivity contribution is -0.0188. The van der Waals surface area contributed by atoms with Crippen molar-refractivity contribution in [3.05, 3.63) is 312 Å². The molecule has 0 saturated carbocycles. The number of ether oxygens (including phenoxy) is 2. The Balaban J connectivity index is 0.000000160. The standard InChI is InChI=1S/C26H26N6O2.C24H24F3N5O3.C23H24F2N6O2.C23H27N5O3/c1-16-6-3-4-8-21(16)26(34)30-14-18-9-11-19(12-10-18)23-22(25(28)33)24(27)32(31-23)17(2)20-7-5-13-29-15-20;1-12-2-3-14(25)9-16(12)24(34)30-11-13-8-19(27)17(10-18(13)26)21-20(23(29)33)22(28)32(31-21)15-4-6-35-7-5-15;1-13-4-2-3-5-16(13)22(33)29-10-14-6-8-15(9-7-14)19-18(21(27)32)20(26)31(30-19)17-11-28-12-23(17,24)25;1-14-6-4-5-7-18(14)23(30)26-12-16-8-10-17(11-9-16)20-19(22(25)29)21(24)28(27-20)15(2)13-31-3/h3-13,15,17H,14,27H2,1-2H3,(H2,28,33)(H,30,34);2-3,8-10,15H,4-7,11,28H2,1H3,(H2,29,33)(H,30,34);2-9,17,28H,10-12,26H2,1H3,(H2,27,32)(H,29,33);4-11,15H,12-13,24H2,1-3H3,(H2,25,29)(H,26,30). The van der Waals surface area contributed by atoms with Crippen molar-refractivity contribution < 1.29 is 69.8 Å². The second-order valence-corrected chi connectivity index (χ2v) is 31.8. The number of carbonyl (C=O) groups is 8. The minimum Gasteiger partial charge on any atom is -0.383 e. The number of carbonyl (C=O) groups excluding carboxylic acids is 8. The van der Waals surface area contributed by atoms with Gasteiger partial charge in [0.2, 0.25) is 0 Å². The number of nitrogens with one attached hydrogen (secondary N) is 5. The molecule has 21 N–H and O–H groups in total. The number of rotatable bonds is 27. The van der Waals surface area contributed by atoms with Crippen LogP contribution in [0.4, 0.5) is 45.2 Å². The number of primary amides is 4. The van der Waals surface area contributed by atoms with Crippen LogP contribution >= 0.6 is 0 Å². The topological polar surface area (TPSA) is 507 Å². The number of nitrogens with zero attached hydrogens (tertiary/aromatic N) is 9. The number of pyridine rings is 1. The molecule has 7 heterocycles. The SMILES string of the molecule is COCC(C)n1nc(-c2ccc(CNC(=O)c3ccccc3C)cc2)c(C(N)=O)c1N.Cc1ccc(F)cc1C(=O)NCc1cc(F)c(-c2nn(C3CCOCC3)c(N)c2C(N)=O)cc1F.Cc1ccccc1C(=O)NCc1ccc(-c2nn(C(C)c3cccnc3)c(N)c2C(N)=O)cc1.Cc1ccccc1C(=O)NCc1ccc(-c2nn(C3CNCC3(F)F)c(N)c2C(N)=O)cc1. The van der Waals surface area contributed by atoms with Crippen molar-refractivity contribution in [2.45, 2.75) is 111 Å². The van der Waals surface area contributed by atoms with Crippen LogP contribution in [0.5, 0.6) is 0 Å². The van der Waals surface area contributed by atoms with Crippen LogP contribution in [0.2, 0.25) is 0 Å². The highest BCUT2D eigenvalue weighted by molar-refractivity contribution is 6.06. The largest absolute Gasteiger partial charge is 0.383 e. The van der Waals surface area contributed by atoms with Crippen LogP contribution < -0.4 is 72.5 Å². The summed E-state index contributed by atoms with van der Waals surface area (Å²) >= 11 is 0. The number of amides is 8. The van der Waals surface area contributed by atoms with Crippen molar-refractivity contribution in [3.63, 3.8) is 0 Å². The van der Waals surface area contributed by atoms with Gasteiger partial charge in [-0.05, 0) is 147 Å². The van der Waals surface area contributed by atoms with Gasteiger partial charge in [-0.25, -0.2) is 40.7 Å². The number of nitrogen functional groups attached to an aromatic ring is 4. The second-order valence-electron chi connectivity index (χ2n) is 31.8. The van der Waals surface area contributed by atoms with Gasteiger partial charge in [-0.1, -0.05) is 140 Å². The minimum atomic E-state index is -3.06. The highest BCUT2D eigenvalue weighted by Gasteiger charge is 2.47. The zero-order valence-electron chi connectivity index (χ0n) is 73.8. The monoisotopic (exact) mass is 1820 g/mol. The third-order valence-corrected chi connectivity index (χ3v) is 22.6. The number of methoxy groups -OCH3 is 1. The maximum Gasteiger partial charge on any atom is 0.283 e. The highest BCUT2D eigenvalue weighted by atomic mass is 19.3. The summed E-state index contributed by atoms with van der Waals surface area (Å²) in [4.78, 5) is 102. The van der Waals surface area contributed by atoms with E-state index in [1.807, 2.05) is 144 Å². The predicted octanol–water partition coefficient (Wildman–Crippen LogP) is 11.6. The molecule has 0 bridgehead atoms. The average molecular weight is 1820 g/mol. The number of hydrogen-bond acceptors (Lipinski definition) is 20. The molecule has 3 unspecified atom stereocenters. The fourth-order valence-corrected chi connectivity index (χ4v) is 15.3. The van der Waals surface area contributed by atoms with Crippen LogP contribution in [0.25, 0.3) is 45.0 Å². The number of nitrogens with two attached hydrogens (primary N) is 8. The van der Waals surface area contributed by atoms with Gasteiger partial charge in [-0.3, -0.25) is 43.3 Å². The maximum absolute atomic E-state index is 15.1. The Bertz CT molecular complexity index is 6470. The Morgan fingerprint density at radius 3 is 1.34 bits per heavy atom. The summed E-state index contributed by atoms with van der Waals surface area (Å²) in [6.45, 7) is 12.6. The van der Waals surface area contributed by atoms with E-state index in [2.05, 4.69) is 52.0 Å². The molecule has 5 aromatic heterocycles. The van der Waals surface area contributed by atoms with Crippen molar-refractivity contribution in [2.75, 3.05) is 63.0 Å². The van der Waals surface area contributed by atoms with Crippen molar-refractivity contribution >= 4 is 70.5 Å². The molecule has 0 spiro atoms. The smallest absolute Gasteiger partial charge is 0.283 e. The van der Waals surface area contributed by atoms with Crippen LogP contribution in [-0.4, -0.2) is 137 Å². The zero-order chi connectivity index (χ0) is 95.8. The van der Waals surface area contributed by atoms with E-state index < -0.39 is 65.5 Å². The van der Waals surface area contributed by atoms with Crippen LogP contribution in [0.1, 0.15) is 184 Å². The van der Waals surface area contributed by atoms with Crippen LogP contribution in [0, 0.1) is 45.1 Å². The molecule has 2 aliphatic heterocycles. The summed E-state index contributed by atoms with van der Waals surface area (Å²) < 4.78 is 88.0. The fourth-order valence-electron chi connectivity index (χ4n) is 15.3. The number of benzene rings is 8. The minimum absolute atomic E-state index is 0.0268. The van der Waals surface area contributed by atoms with E-state index in [-0.39, 0.29) is 129 Å². The number of aromatic nitrogens is 9. The van der Waals surface area contributed by atoms with E-state index in [9.17, 15) is 55.9 Å². The summed E-state index contributed by atoms with van der Waals surface area (Å²) in [5.41, 5.74) is 57.9. The highest BCUT2D eigenvalue weighted by Crippen LogP contribution is 2.40. The lowest BCUT2D eigenvalue weighted by Crippen LogP contribution is -2.31. The Morgan fingerprint density at radius 1 is 0.481 bits per heavy atom. The first-order chi connectivity index (χ1) is 63.5. The molecule has 2 aliphatic rings. The van der Waals surface area contributed by atoms with E-state index in [0.717, 1.165) is 61.8 Å². The molecular weight excluding hydrogens is 1720 g/mol. The van der Waals surface area contributed by atoms with Crippen molar-refractivity contribution in [3.8, 4) is 45.0 Å². The summed E-state index contributed by atoms with van der Waals surface area (Å²) in [5.74, 6) is -9.32. The molecule has 8 amide bonds. The molecule has 690 valence electrons. The lowest BCUT2D eigenvalue weighted by atomic mass is 10.0. The molecular formula is C96H101F5N22O10. The molecule has 2 saturated heterocycles. The maximum atomic E-state index is 15.1. The van der Waals surface area contributed by atoms with Gasteiger partial charge in [-0.2, -0.15) is 20.4 Å². The first-order valence-electron chi connectivity index (χ1n) is 42.1. The lowest BCUT2D eigenvalue weighted by Gasteiger charge is -2.23. The quantitative estimate of drug-likeness (QED) is 0.0213. The van der Waals surface area contributed by atoms with E-state index in [4.69, 9.17) is 55.3 Å². The van der Waals surface area contributed by atoms with Gasteiger partial charge in [0.15, 0.2) is 0 Å².